The van der Waals surface area contributed by atoms with Gasteiger partial charge in [0.05, 0.1) is 17.6 Å². The first kappa shape index (κ1) is 14.3. The number of ether oxygens (including phenoxy) is 1. The predicted molar refractivity (Wildman–Crippen MR) is 76.0 cm³/mol. The van der Waals surface area contributed by atoms with Crippen LogP contribution in [-0.2, 0) is 9.84 Å². The first-order valence-corrected chi connectivity index (χ1v) is 7.80. The minimum atomic E-state index is -3.34. The van der Waals surface area contributed by atoms with Crippen molar-refractivity contribution in [3.8, 4) is 5.75 Å². The third-order valence-electron chi connectivity index (χ3n) is 2.88. The van der Waals surface area contributed by atoms with E-state index in [1.165, 1.54) is 19.2 Å². The molecule has 0 atom stereocenters. The van der Waals surface area contributed by atoms with Gasteiger partial charge in [-0.2, -0.15) is 0 Å². The first-order chi connectivity index (χ1) is 9.43. The van der Waals surface area contributed by atoms with Gasteiger partial charge in [-0.05, 0) is 24.3 Å². The molecule has 2 aromatic carbocycles. The molecular formula is C15H14O4S. The molecule has 0 unspecified atom stereocenters. The molecule has 0 radical (unpaired) electrons. The molecule has 0 heterocycles. The summed E-state index contributed by atoms with van der Waals surface area (Å²) in [5.74, 6) is 0.190. The van der Waals surface area contributed by atoms with Crippen LogP contribution >= 0.6 is 0 Å². The molecule has 4 nitrogen and oxygen atoms in total. The summed E-state index contributed by atoms with van der Waals surface area (Å²) in [5.41, 5.74) is 0.720. The number of methoxy groups -OCH3 is 1. The number of carbonyl (C=O) groups excluding carboxylic acids is 1. The highest BCUT2D eigenvalue weighted by Crippen LogP contribution is 2.22. The molecule has 0 amide bonds. The van der Waals surface area contributed by atoms with E-state index < -0.39 is 9.84 Å². The van der Waals surface area contributed by atoms with E-state index in [2.05, 4.69) is 0 Å². The lowest BCUT2D eigenvalue weighted by Crippen LogP contribution is -2.05. The minimum Gasteiger partial charge on any atom is -0.496 e. The average Bonchev–Trinajstić information content (AvgIpc) is 2.45. The summed E-state index contributed by atoms with van der Waals surface area (Å²) >= 11 is 0. The number of hydrogen-bond acceptors (Lipinski definition) is 4. The largest absolute Gasteiger partial charge is 0.496 e. The van der Waals surface area contributed by atoms with Crippen LogP contribution < -0.4 is 4.74 Å². The van der Waals surface area contributed by atoms with E-state index >= 15 is 0 Å². The van der Waals surface area contributed by atoms with Crippen molar-refractivity contribution in [1.82, 2.24) is 0 Å². The Kier molecular flexibility index (Phi) is 3.90. The summed E-state index contributed by atoms with van der Waals surface area (Å²) in [6, 6.07) is 12.8. The molecule has 5 heteroatoms. The SMILES string of the molecule is COc1ccccc1C(=O)c1cccc(S(C)(=O)=O)c1. The summed E-state index contributed by atoms with van der Waals surface area (Å²) in [6.07, 6.45) is 1.11. The molecule has 2 aromatic rings. The second kappa shape index (κ2) is 5.46. The van der Waals surface area contributed by atoms with Gasteiger partial charge >= 0.3 is 0 Å². The maximum absolute atomic E-state index is 12.4. The Morgan fingerprint density at radius 1 is 1.05 bits per heavy atom. The van der Waals surface area contributed by atoms with Crippen LogP contribution in [0.3, 0.4) is 0 Å². The van der Waals surface area contributed by atoms with E-state index in [1.54, 1.807) is 36.4 Å². The Morgan fingerprint density at radius 3 is 2.40 bits per heavy atom. The standard InChI is InChI=1S/C15H14O4S/c1-19-14-9-4-3-8-13(14)15(16)11-6-5-7-12(10-11)20(2,17)18/h3-10H,1-2H3. The van der Waals surface area contributed by atoms with Crippen molar-refractivity contribution in [3.63, 3.8) is 0 Å². The lowest BCUT2D eigenvalue weighted by atomic mass is 10.0. The molecule has 20 heavy (non-hydrogen) atoms. The highest BCUT2D eigenvalue weighted by atomic mass is 32.2. The Hall–Kier alpha value is -2.14. The zero-order chi connectivity index (χ0) is 14.8. The van der Waals surface area contributed by atoms with Gasteiger partial charge in [-0.15, -0.1) is 0 Å². The molecule has 0 bridgehead atoms. The van der Waals surface area contributed by atoms with Crippen LogP contribution in [0.15, 0.2) is 53.4 Å². The van der Waals surface area contributed by atoms with Gasteiger partial charge in [0, 0.05) is 11.8 Å². The molecule has 0 fully saturated rings. The van der Waals surface area contributed by atoms with E-state index in [1.807, 2.05) is 0 Å². The van der Waals surface area contributed by atoms with Crippen molar-refractivity contribution in [2.45, 2.75) is 4.90 Å². The highest BCUT2D eigenvalue weighted by molar-refractivity contribution is 7.90. The smallest absolute Gasteiger partial charge is 0.196 e. The Labute approximate surface area is 117 Å². The summed E-state index contributed by atoms with van der Waals surface area (Å²) in [5, 5.41) is 0. The Balaban J connectivity index is 2.49. The van der Waals surface area contributed by atoms with Crippen molar-refractivity contribution in [2.24, 2.45) is 0 Å². The third-order valence-corrected chi connectivity index (χ3v) is 3.99. The van der Waals surface area contributed by atoms with Crippen molar-refractivity contribution in [2.75, 3.05) is 13.4 Å². The van der Waals surface area contributed by atoms with Crippen molar-refractivity contribution < 1.29 is 17.9 Å². The second-order valence-corrected chi connectivity index (χ2v) is 6.35. The van der Waals surface area contributed by atoms with Crippen LogP contribution in [0.5, 0.6) is 5.75 Å². The number of benzene rings is 2. The van der Waals surface area contributed by atoms with E-state index in [9.17, 15) is 13.2 Å². The van der Waals surface area contributed by atoms with Gasteiger partial charge in [-0.25, -0.2) is 8.42 Å². The van der Waals surface area contributed by atoms with Crippen LogP contribution in [0.2, 0.25) is 0 Å². The topological polar surface area (TPSA) is 60.4 Å². The molecule has 104 valence electrons. The monoisotopic (exact) mass is 290 g/mol. The maximum Gasteiger partial charge on any atom is 0.196 e. The fraction of sp³-hybridized carbons (Fsp3) is 0.133. The Morgan fingerprint density at radius 2 is 1.75 bits per heavy atom. The lowest BCUT2D eigenvalue weighted by Gasteiger charge is -2.08. The summed E-state index contributed by atoms with van der Waals surface area (Å²) in [4.78, 5) is 12.6. The number of hydrogen-bond donors (Lipinski definition) is 0. The van der Waals surface area contributed by atoms with Gasteiger partial charge in [-0.1, -0.05) is 24.3 Å². The number of rotatable bonds is 4. The zero-order valence-corrected chi connectivity index (χ0v) is 12.0. The average molecular weight is 290 g/mol. The molecule has 0 aliphatic rings. The highest BCUT2D eigenvalue weighted by Gasteiger charge is 2.16. The molecule has 0 saturated carbocycles. The number of sulfone groups is 1. The van der Waals surface area contributed by atoms with Crippen LogP contribution in [-0.4, -0.2) is 27.6 Å². The molecule has 0 aromatic heterocycles. The van der Waals surface area contributed by atoms with E-state index in [-0.39, 0.29) is 10.7 Å². The van der Waals surface area contributed by atoms with E-state index in [0.29, 0.717) is 16.9 Å². The van der Waals surface area contributed by atoms with Gasteiger partial charge in [0.1, 0.15) is 5.75 Å². The van der Waals surface area contributed by atoms with Crippen molar-refractivity contribution in [1.29, 1.82) is 0 Å². The molecular weight excluding hydrogens is 276 g/mol. The summed E-state index contributed by atoms with van der Waals surface area (Å²) in [6.45, 7) is 0. The van der Waals surface area contributed by atoms with E-state index in [4.69, 9.17) is 4.74 Å². The molecule has 0 N–H and O–H groups in total. The van der Waals surface area contributed by atoms with Crippen LogP contribution in [0.1, 0.15) is 15.9 Å². The van der Waals surface area contributed by atoms with Gasteiger partial charge in [-0.3, -0.25) is 4.79 Å². The van der Waals surface area contributed by atoms with Crippen LogP contribution in [0.4, 0.5) is 0 Å². The lowest BCUT2D eigenvalue weighted by molar-refractivity contribution is 0.103. The summed E-state index contributed by atoms with van der Waals surface area (Å²) in [7, 11) is -1.86. The van der Waals surface area contributed by atoms with E-state index in [0.717, 1.165) is 6.26 Å². The van der Waals surface area contributed by atoms with Gasteiger partial charge in [0.25, 0.3) is 0 Å². The van der Waals surface area contributed by atoms with Crippen molar-refractivity contribution >= 4 is 15.6 Å². The second-order valence-electron chi connectivity index (χ2n) is 4.33. The summed E-state index contributed by atoms with van der Waals surface area (Å²) < 4.78 is 28.2. The number of ketones is 1. The third kappa shape index (κ3) is 2.88. The van der Waals surface area contributed by atoms with Gasteiger partial charge in [0.15, 0.2) is 15.6 Å². The number of carbonyl (C=O) groups is 1. The minimum absolute atomic E-state index is 0.123. The molecule has 0 spiro atoms. The first-order valence-electron chi connectivity index (χ1n) is 5.91. The molecule has 0 saturated heterocycles. The fourth-order valence-electron chi connectivity index (χ4n) is 1.86. The quantitative estimate of drug-likeness (QED) is 0.811. The maximum atomic E-state index is 12.4. The number of para-hydroxylation sites is 1. The van der Waals surface area contributed by atoms with Crippen molar-refractivity contribution in [3.05, 3.63) is 59.7 Å². The van der Waals surface area contributed by atoms with Crippen LogP contribution in [0, 0.1) is 0 Å². The molecule has 0 aliphatic carbocycles. The Bertz CT molecular complexity index is 748. The fourth-order valence-corrected chi connectivity index (χ4v) is 2.52. The van der Waals surface area contributed by atoms with Gasteiger partial charge < -0.3 is 4.74 Å². The predicted octanol–water partition coefficient (Wildman–Crippen LogP) is 2.33. The molecule has 2 rings (SSSR count). The normalized spacial score (nSPS) is 11.1. The molecule has 0 aliphatic heterocycles. The van der Waals surface area contributed by atoms with Gasteiger partial charge in [0.2, 0.25) is 0 Å². The van der Waals surface area contributed by atoms with Crippen LogP contribution in [0.25, 0.3) is 0 Å². The zero-order valence-electron chi connectivity index (χ0n) is 11.2.